The van der Waals surface area contributed by atoms with Crippen molar-refractivity contribution in [2.75, 3.05) is 26.3 Å². The van der Waals surface area contributed by atoms with E-state index in [0.29, 0.717) is 32.4 Å². The average molecular weight is 281 g/mol. The highest BCUT2D eigenvalue weighted by molar-refractivity contribution is 4.93. The minimum Gasteiger partial charge on any atom is -0.396 e. The molecule has 0 spiro atoms. The Kier molecular flexibility index (Phi) is 4.42. The zero-order valence-corrected chi connectivity index (χ0v) is 11.2. The number of halogens is 3. The van der Waals surface area contributed by atoms with Gasteiger partial charge in [-0.05, 0) is 32.2 Å². The molecular formula is C13H22F3NO2. The van der Waals surface area contributed by atoms with Crippen LogP contribution in [0.1, 0.15) is 32.6 Å². The van der Waals surface area contributed by atoms with E-state index in [-0.39, 0.29) is 13.2 Å². The van der Waals surface area contributed by atoms with E-state index in [2.05, 4.69) is 0 Å². The number of piperidine rings is 1. The number of aliphatic hydroxyl groups is 1. The standard InChI is InChI=1S/C13H22F3NO2/c1-12(9-18)5-3-6-17(8-12)11(13(14,15)16)10-4-2-7-19-10/h10-11,18H,2-9H2,1H3. The first-order chi connectivity index (χ1) is 8.86. The van der Waals surface area contributed by atoms with Crippen LogP contribution in [0.4, 0.5) is 13.2 Å². The van der Waals surface area contributed by atoms with Gasteiger partial charge < -0.3 is 9.84 Å². The van der Waals surface area contributed by atoms with Crippen LogP contribution in [0.25, 0.3) is 0 Å². The number of hydrogen-bond donors (Lipinski definition) is 1. The summed E-state index contributed by atoms with van der Waals surface area (Å²) in [6.45, 7) is 2.91. The van der Waals surface area contributed by atoms with Gasteiger partial charge in [0.2, 0.25) is 0 Å². The zero-order chi connectivity index (χ0) is 14.1. The predicted molar refractivity (Wildman–Crippen MR) is 64.8 cm³/mol. The molecule has 3 atom stereocenters. The van der Waals surface area contributed by atoms with Gasteiger partial charge in [0.25, 0.3) is 0 Å². The molecule has 2 saturated heterocycles. The fraction of sp³-hybridized carbons (Fsp3) is 1.00. The number of aliphatic hydroxyl groups excluding tert-OH is 1. The Morgan fingerprint density at radius 2 is 2.16 bits per heavy atom. The van der Waals surface area contributed by atoms with Crippen molar-refractivity contribution < 1.29 is 23.0 Å². The maximum Gasteiger partial charge on any atom is 0.406 e. The summed E-state index contributed by atoms with van der Waals surface area (Å²) in [7, 11) is 0. The van der Waals surface area contributed by atoms with Crippen LogP contribution in [0.2, 0.25) is 0 Å². The Bertz CT molecular complexity index is 305. The Morgan fingerprint density at radius 3 is 2.68 bits per heavy atom. The highest BCUT2D eigenvalue weighted by Gasteiger charge is 2.51. The molecule has 3 nitrogen and oxygen atoms in total. The molecule has 2 rings (SSSR count). The number of likely N-dealkylation sites (tertiary alicyclic amines) is 1. The van der Waals surface area contributed by atoms with Crippen LogP contribution in [0.3, 0.4) is 0 Å². The Hall–Kier alpha value is -0.330. The lowest BCUT2D eigenvalue weighted by Gasteiger charge is -2.45. The molecule has 2 fully saturated rings. The summed E-state index contributed by atoms with van der Waals surface area (Å²) in [5.74, 6) is 0. The minimum absolute atomic E-state index is 0.0698. The van der Waals surface area contributed by atoms with Crippen LogP contribution >= 0.6 is 0 Å². The van der Waals surface area contributed by atoms with E-state index in [9.17, 15) is 18.3 Å². The van der Waals surface area contributed by atoms with Gasteiger partial charge >= 0.3 is 6.18 Å². The summed E-state index contributed by atoms with van der Waals surface area (Å²) in [5, 5.41) is 9.38. The Labute approximate surface area is 111 Å². The molecule has 0 bridgehead atoms. The lowest BCUT2D eigenvalue weighted by atomic mass is 9.81. The number of alkyl halides is 3. The number of ether oxygens (including phenoxy) is 1. The highest BCUT2D eigenvalue weighted by atomic mass is 19.4. The lowest BCUT2D eigenvalue weighted by molar-refractivity contribution is -0.217. The van der Waals surface area contributed by atoms with E-state index in [4.69, 9.17) is 4.74 Å². The maximum atomic E-state index is 13.3. The van der Waals surface area contributed by atoms with E-state index in [1.54, 1.807) is 0 Å². The summed E-state index contributed by atoms with van der Waals surface area (Å²) in [4.78, 5) is 1.47. The summed E-state index contributed by atoms with van der Waals surface area (Å²) < 4.78 is 45.3. The van der Waals surface area contributed by atoms with Gasteiger partial charge in [0, 0.05) is 25.2 Å². The number of rotatable bonds is 3. The molecule has 1 N–H and O–H groups in total. The molecule has 112 valence electrons. The van der Waals surface area contributed by atoms with Gasteiger partial charge in [-0.25, -0.2) is 0 Å². The van der Waals surface area contributed by atoms with Gasteiger partial charge in [0.15, 0.2) is 0 Å². The predicted octanol–water partition coefficient (Wildman–Crippen LogP) is 2.19. The van der Waals surface area contributed by atoms with Crippen molar-refractivity contribution in [3.8, 4) is 0 Å². The van der Waals surface area contributed by atoms with Gasteiger partial charge in [0.05, 0.1) is 6.10 Å². The van der Waals surface area contributed by atoms with E-state index in [0.717, 1.165) is 6.42 Å². The second-order valence-electron chi connectivity index (χ2n) is 6.08. The molecule has 2 heterocycles. The van der Waals surface area contributed by atoms with Gasteiger partial charge in [-0.2, -0.15) is 13.2 Å². The van der Waals surface area contributed by atoms with Gasteiger partial charge in [0.1, 0.15) is 6.04 Å². The van der Waals surface area contributed by atoms with Crippen LogP contribution < -0.4 is 0 Å². The molecule has 0 aliphatic carbocycles. The van der Waals surface area contributed by atoms with E-state index in [1.165, 1.54) is 4.90 Å². The first-order valence-corrected chi connectivity index (χ1v) is 6.89. The van der Waals surface area contributed by atoms with Crippen molar-refractivity contribution in [2.45, 2.75) is 50.9 Å². The van der Waals surface area contributed by atoms with Gasteiger partial charge in [-0.15, -0.1) is 0 Å². The molecule has 0 amide bonds. The van der Waals surface area contributed by atoms with Gasteiger partial charge in [-0.1, -0.05) is 6.92 Å². The monoisotopic (exact) mass is 281 g/mol. The first kappa shape index (κ1) is 15.1. The summed E-state index contributed by atoms with van der Waals surface area (Å²) in [5.41, 5.74) is -0.430. The van der Waals surface area contributed by atoms with Crippen molar-refractivity contribution in [3.63, 3.8) is 0 Å². The topological polar surface area (TPSA) is 32.7 Å². The highest BCUT2D eigenvalue weighted by Crippen LogP contribution is 2.37. The average Bonchev–Trinajstić information content (AvgIpc) is 2.81. The fourth-order valence-corrected chi connectivity index (χ4v) is 3.23. The molecule has 0 aromatic heterocycles. The smallest absolute Gasteiger partial charge is 0.396 e. The molecule has 6 heteroatoms. The third kappa shape index (κ3) is 3.41. The number of hydrogen-bond acceptors (Lipinski definition) is 3. The minimum atomic E-state index is -4.28. The quantitative estimate of drug-likeness (QED) is 0.860. The second-order valence-corrected chi connectivity index (χ2v) is 6.08. The van der Waals surface area contributed by atoms with Crippen molar-refractivity contribution in [1.82, 2.24) is 4.90 Å². The van der Waals surface area contributed by atoms with E-state index < -0.39 is 23.7 Å². The summed E-state index contributed by atoms with van der Waals surface area (Å²) >= 11 is 0. The molecule has 0 radical (unpaired) electrons. The van der Waals surface area contributed by atoms with Crippen LogP contribution in [-0.2, 0) is 4.74 Å². The van der Waals surface area contributed by atoms with Crippen molar-refractivity contribution in [1.29, 1.82) is 0 Å². The van der Waals surface area contributed by atoms with Gasteiger partial charge in [-0.3, -0.25) is 4.90 Å². The van der Waals surface area contributed by atoms with Crippen LogP contribution in [-0.4, -0.2) is 54.6 Å². The van der Waals surface area contributed by atoms with Crippen molar-refractivity contribution in [3.05, 3.63) is 0 Å². The summed E-state index contributed by atoms with van der Waals surface area (Å²) in [6.07, 6.45) is -2.39. The SMILES string of the molecule is CC1(CO)CCCN(C(C2CCCO2)C(F)(F)F)C1. The van der Waals surface area contributed by atoms with E-state index >= 15 is 0 Å². The Balaban J connectivity index is 2.13. The first-order valence-electron chi connectivity index (χ1n) is 6.89. The largest absolute Gasteiger partial charge is 0.406 e. The molecule has 0 saturated carbocycles. The molecule has 19 heavy (non-hydrogen) atoms. The summed E-state index contributed by atoms with van der Waals surface area (Å²) in [6, 6.07) is -1.53. The van der Waals surface area contributed by atoms with E-state index in [1.807, 2.05) is 6.92 Å². The van der Waals surface area contributed by atoms with Crippen LogP contribution in [0.15, 0.2) is 0 Å². The maximum absolute atomic E-state index is 13.3. The molecule has 0 aromatic carbocycles. The fourth-order valence-electron chi connectivity index (χ4n) is 3.23. The molecule has 3 unspecified atom stereocenters. The molecule has 2 aliphatic rings. The van der Waals surface area contributed by atoms with Crippen LogP contribution in [0, 0.1) is 5.41 Å². The second kappa shape index (κ2) is 5.58. The van der Waals surface area contributed by atoms with Crippen LogP contribution in [0.5, 0.6) is 0 Å². The third-order valence-corrected chi connectivity index (χ3v) is 4.24. The molecular weight excluding hydrogens is 259 g/mol. The lowest BCUT2D eigenvalue weighted by Crippen LogP contribution is -2.57. The Morgan fingerprint density at radius 1 is 1.42 bits per heavy atom. The third-order valence-electron chi connectivity index (χ3n) is 4.24. The van der Waals surface area contributed by atoms with Crippen molar-refractivity contribution >= 4 is 0 Å². The molecule has 0 aromatic rings. The zero-order valence-electron chi connectivity index (χ0n) is 11.2. The van der Waals surface area contributed by atoms with Crippen molar-refractivity contribution in [2.24, 2.45) is 5.41 Å². The normalized spacial score (nSPS) is 35.5. The molecule has 2 aliphatic heterocycles. The number of nitrogens with zero attached hydrogens (tertiary/aromatic N) is 1.